The molecule has 0 amide bonds. The molecule has 1 heterocycles. The Balaban J connectivity index is 1.69. The van der Waals surface area contributed by atoms with Gasteiger partial charge in [0.15, 0.2) is 5.89 Å². The molecule has 1 saturated carbocycles. The number of oxazole rings is 1. The summed E-state index contributed by atoms with van der Waals surface area (Å²) in [6, 6.07) is 9.10. The molecule has 0 aliphatic heterocycles. The summed E-state index contributed by atoms with van der Waals surface area (Å²) in [6.07, 6.45) is 7.06. The number of anilines is 1. The molecule has 2 aromatic rings. The predicted molar refractivity (Wildman–Crippen MR) is 81.7 cm³/mol. The average molecular weight is 270 g/mol. The first-order chi connectivity index (χ1) is 9.72. The minimum atomic E-state index is 0.615. The molecular formula is C17H22N2O. The first-order valence-electron chi connectivity index (χ1n) is 7.51. The Bertz CT molecular complexity index is 559. The fraction of sp³-hybridized carbons (Fsp3) is 0.471. The number of aromatic nitrogens is 1. The zero-order valence-corrected chi connectivity index (χ0v) is 12.2. The number of aryl methyl sites for hydroxylation is 1. The molecule has 0 bridgehead atoms. The lowest BCUT2D eigenvalue weighted by Gasteiger charge is -2.30. The summed E-state index contributed by atoms with van der Waals surface area (Å²) in [5.74, 6) is 1.47. The Labute approximate surface area is 120 Å². The Hall–Kier alpha value is -1.77. The molecule has 1 aliphatic carbocycles. The summed E-state index contributed by atoms with van der Waals surface area (Å²) in [5.41, 5.74) is 3.21. The van der Waals surface area contributed by atoms with Crippen LogP contribution in [0.25, 0.3) is 11.3 Å². The first-order valence-corrected chi connectivity index (χ1v) is 7.51. The quantitative estimate of drug-likeness (QED) is 0.882. The van der Waals surface area contributed by atoms with Crippen LogP contribution in [0.5, 0.6) is 0 Å². The van der Waals surface area contributed by atoms with Gasteiger partial charge in [0, 0.05) is 24.2 Å². The number of hydrogen-bond donors (Lipinski definition) is 1. The number of benzene rings is 1. The molecule has 0 spiro atoms. The van der Waals surface area contributed by atoms with E-state index in [1.165, 1.54) is 31.4 Å². The third-order valence-corrected chi connectivity index (χ3v) is 4.26. The van der Waals surface area contributed by atoms with Crippen molar-refractivity contribution in [2.75, 3.05) is 5.32 Å². The van der Waals surface area contributed by atoms with Gasteiger partial charge >= 0.3 is 0 Å². The fourth-order valence-corrected chi connectivity index (χ4v) is 2.98. The van der Waals surface area contributed by atoms with Gasteiger partial charge in [-0.2, -0.15) is 0 Å². The van der Waals surface area contributed by atoms with Crippen LogP contribution in [-0.4, -0.2) is 11.0 Å². The summed E-state index contributed by atoms with van der Waals surface area (Å²) in [7, 11) is 0. The van der Waals surface area contributed by atoms with Gasteiger partial charge in [0.2, 0.25) is 0 Å². The van der Waals surface area contributed by atoms with Crippen molar-refractivity contribution in [3.63, 3.8) is 0 Å². The van der Waals surface area contributed by atoms with E-state index < -0.39 is 0 Å². The first kappa shape index (κ1) is 13.2. The molecule has 1 aromatic carbocycles. The second kappa shape index (κ2) is 5.70. The van der Waals surface area contributed by atoms with E-state index in [1.807, 2.05) is 6.92 Å². The van der Waals surface area contributed by atoms with Crippen molar-refractivity contribution >= 4 is 5.69 Å². The van der Waals surface area contributed by atoms with Crippen molar-refractivity contribution in [2.24, 2.45) is 5.92 Å². The third-order valence-electron chi connectivity index (χ3n) is 4.26. The van der Waals surface area contributed by atoms with Gasteiger partial charge in [-0.3, -0.25) is 0 Å². The van der Waals surface area contributed by atoms with Gasteiger partial charge in [-0.25, -0.2) is 4.98 Å². The van der Waals surface area contributed by atoms with Gasteiger partial charge in [0.1, 0.15) is 12.0 Å². The van der Waals surface area contributed by atoms with E-state index in [-0.39, 0.29) is 0 Å². The number of nitrogens with zero attached hydrogens (tertiary/aromatic N) is 1. The lowest BCUT2D eigenvalue weighted by atomic mass is 9.86. The maximum absolute atomic E-state index is 5.26. The lowest BCUT2D eigenvalue weighted by molar-refractivity contribution is 0.349. The molecule has 1 fully saturated rings. The van der Waals surface area contributed by atoms with Crippen LogP contribution in [0.2, 0.25) is 0 Å². The average Bonchev–Trinajstić information content (AvgIpc) is 2.89. The van der Waals surface area contributed by atoms with Crippen molar-refractivity contribution in [2.45, 2.75) is 45.6 Å². The second-order valence-electron chi connectivity index (χ2n) is 5.84. The molecule has 20 heavy (non-hydrogen) atoms. The summed E-state index contributed by atoms with van der Waals surface area (Å²) >= 11 is 0. The Morgan fingerprint density at radius 1 is 1.15 bits per heavy atom. The number of rotatable bonds is 3. The topological polar surface area (TPSA) is 38.1 Å². The highest BCUT2D eigenvalue weighted by molar-refractivity contribution is 5.62. The van der Waals surface area contributed by atoms with E-state index in [9.17, 15) is 0 Å². The van der Waals surface area contributed by atoms with E-state index in [0.717, 1.165) is 17.2 Å². The molecule has 0 saturated heterocycles. The van der Waals surface area contributed by atoms with Crippen molar-refractivity contribution in [1.82, 2.24) is 4.98 Å². The summed E-state index contributed by atoms with van der Waals surface area (Å²) < 4.78 is 5.26. The van der Waals surface area contributed by atoms with E-state index in [2.05, 4.69) is 41.5 Å². The van der Waals surface area contributed by atoms with Crippen molar-refractivity contribution in [3.05, 3.63) is 36.4 Å². The molecule has 0 radical (unpaired) electrons. The maximum Gasteiger partial charge on any atom is 0.191 e. The summed E-state index contributed by atoms with van der Waals surface area (Å²) in [4.78, 5) is 4.35. The summed E-state index contributed by atoms with van der Waals surface area (Å²) in [6.45, 7) is 4.22. The highest BCUT2D eigenvalue weighted by Crippen LogP contribution is 2.27. The normalized spacial score (nSPS) is 22.7. The monoisotopic (exact) mass is 270 g/mol. The fourth-order valence-electron chi connectivity index (χ4n) is 2.98. The zero-order valence-electron chi connectivity index (χ0n) is 12.2. The van der Waals surface area contributed by atoms with Crippen molar-refractivity contribution in [1.29, 1.82) is 0 Å². The van der Waals surface area contributed by atoms with Gasteiger partial charge < -0.3 is 9.73 Å². The third kappa shape index (κ3) is 2.87. The number of hydrogen-bond acceptors (Lipinski definition) is 3. The molecule has 2 unspecified atom stereocenters. The van der Waals surface area contributed by atoms with Gasteiger partial charge in [0.05, 0.1) is 0 Å². The van der Waals surface area contributed by atoms with E-state index >= 15 is 0 Å². The SMILES string of the molecule is Cc1nc(-c2ccc(NC3CCCCC3C)cc2)co1. The molecule has 3 nitrogen and oxygen atoms in total. The molecule has 2 atom stereocenters. The van der Waals surface area contributed by atoms with Crippen molar-refractivity contribution in [3.8, 4) is 11.3 Å². The molecule has 1 N–H and O–H groups in total. The van der Waals surface area contributed by atoms with Crippen LogP contribution < -0.4 is 5.32 Å². The predicted octanol–water partition coefficient (Wildman–Crippen LogP) is 4.64. The molecular weight excluding hydrogens is 248 g/mol. The highest BCUT2D eigenvalue weighted by Gasteiger charge is 2.20. The summed E-state index contributed by atoms with van der Waals surface area (Å²) in [5, 5.41) is 3.67. The van der Waals surface area contributed by atoms with Gasteiger partial charge in [-0.15, -0.1) is 0 Å². The molecule has 3 rings (SSSR count). The standard InChI is InChI=1S/C17H22N2O/c1-12-5-3-4-6-16(12)19-15-9-7-14(8-10-15)17-11-20-13(2)18-17/h7-12,16,19H,3-6H2,1-2H3. The Morgan fingerprint density at radius 3 is 2.55 bits per heavy atom. The Kier molecular flexibility index (Phi) is 3.77. The minimum absolute atomic E-state index is 0.615. The molecule has 1 aromatic heterocycles. The lowest BCUT2D eigenvalue weighted by Crippen LogP contribution is -2.30. The van der Waals surface area contributed by atoms with Crippen LogP contribution >= 0.6 is 0 Å². The number of nitrogens with one attached hydrogen (secondary N) is 1. The van der Waals surface area contributed by atoms with E-state index in [0.29, 0.717) is 11.9 Å². The molecule has 106 valence electrons. The van der Waals surface area contributed by atoms with Crippen LogP contribution in [-0.2, 0) is 0 Å². The van der Waals surface area contributed by atoms with Crippen LogP contribution in [0.1, 0.15) is 38.5 Å². The van der Waals surface area contributed by atoms with Crippen LogP contribution in [0.4, 0.5) is 5.69 Å². The van der Waals surface area contributed by atoms with Crippen LogP contribution in [0.15, 0.2) is 34.9 Å². The largest absolute Gasteiger partial charge is 0.449 e. The smallest absolute Gasteiger partial charge is 0.191 e. The molecule has 3 heteroatoms. The molecule has 1 aliphatic rings. The van der Waals surface area contributed by atoms with Gasteiger partial charge in [-0.1, -0.05) is 31.9 Å². The minimum Gasteiger partial charge on any atom is -0.449 e. The van der Waals surface area contributed by atoms with Crippen LogP contribution in [0, 0.1) is 12.8 Å². The van der Waals surface area contributed by atoms with Crippen molar-refractivity contribution < 1.29 is 4.42 Å². The maximum atomic E-state index is 5.26. The van der Waals surface area contributed by atoms with Crippen LogP contribution in [0.3, 0.4) is 0 Å². The van der Waals surface area contributed by atoms with E-state index in [1.54, 1.807) is 6.26 Å². The van der Waals surface area contributed by atoms with Gasteiger partial charge in [-0.05, 0) is 30.9 Å². The highest BCUT2D eigenvalue weighted by atomic mass is 16.3. The zero-order chi connectivity index (χ0) is 13.9. The second-order valence-corrected chi connectivity index (χ2v) is 5.84. The van der Waals surface area contributed by atoms with Gasteiger partial charge in [0.25, 0.3) is 0 Å². The van der Waals surface area contributed by atoms with E-state index in [4.69, 9.17) is 4.42 Å². The Morgan fingerprint density at radius 2 is 1.90 bits per heavy atom.